The van der Waals surface area contributed by atoms with Crippen molar-refractivity contribution in [1.29, 1.82) is 0 Å². The molecule has 18 heavy (non-hydrogen) atoms. The van der Waals surface area contributed by atoms with Gasteiger partial charge in [-0.1, -0.05) is 6.07 Å². The molecule has 1 fully saturated rings. The zero-order valence-corrected chi connectivity index (χ0v) is 11.0. The fourth-order valence-electron chi connectivity index (χ4n) is 1.74. The molecule has 0 aromatic heterocycles. The number of hydrogen-bond donors (Lipinski definition) is 1. The molecule has 0 bridgehead atoms. The maximum atomic E-state index is 13.4. The Morgan fingerprint density at radius 1 is 1.11 bits per heavy atom. The van der Waals surface area contributed by atoms with Gasteiger partial charge in [-0.2, -0.15) is 4.31 Å². The molecule has 1 heterocycles. The van der Waals surface area contributed by atoms with Crippen LogP contribution >= 0.6 is 12.4 Å². The summed E-state index contributed by atoms with van der Waals surface area (Å²) in [5.74, 6) is -2.10. The van der Waals surface area contributed by atoms with E-state index in [9.17, 15) is 17.2 Å². The first-order valence-electron chi connectivity index (χ1n) is 5.18. The van der Waals surface area contributed by atoms with Crippen molar-refractivity contribution in [3.63, 3.8) is 0 Å². The normalized spacial score (nSPS) is 17.2. The van der Waals surface area contributed by atoms with Gasteiger partial charge >= 0.3 is 0 Å². The fourth-order valence-corrected chi connectivity index (χ4v) is 3.29. The van der Waals surface area contributed by atoms with Crippen molar-refractivity contribution in [2.75, 3.05) is 26.2 Å². The second kappa shape index (κ2) is 5.92. The monoisotopic (exact) mass is 298 g/mol. The lowest BCUT2D eigenvalue weighted by Gasteiger charge is -2.26. The molecule has 1 saturated heterocycles. The minimum absolute atomic E-state index is 0. The van der Waals surface area contributed by atoms with E-state index in [1.165, 1.54) is 0 Å². The highest BCUT2D eigenvalue weighted by Gasteiger charge is 2.31. The summed E-state index contributed by atoms with van der Waals surface area (Å²) in [5, 5.41) is 2.97. The summed E-state index contributed by atoms with van der Waals surface area (Å²) in [6.45, 7) is 1.40. The molecule has 0 radical (unpaired) electrons. The SMILES string of the molecule is Cl.O=S(=O)(c1c(F)cccc1F)N1CCNCC1. The van der Waals surface area contributed by atoms with Crippen LogP contribution in [0.15, 0.2) is 23.1 Å². The summed E-state index contributed by atoms with van der Waals surface area (Å²) >= 11 is 0. The lowest BCUT2D eigenvalue weighted by molar-refractivity contribution is 0.355. The molecule has 0 atom stereocenters. The van der Waals surface area contributed by atoms with E-state index in [0.717, 1.165) is 22.5 Å². The Bertz CT molecular complexity index is 498. The summed E-state index contributed by atoms with van der Waals surface area (Å²) in [6, 6.07) is 3.03. The summed E-state index contributed by atoms with van der Waals surface area (Å²) < 4.78 is 52.1. The molecule has 1 aromatic carbocycles. The molecule has 0 amide bonds. The van der Waals surface area contributed by atoms with Gasteiger partial charge in [0.05, 0.1) is 0 Å². The summed E-state index contributed by atoms with van der Waals surface area (Å²) in [6.07, 6.45) is 0. The van der Waals surface area contributed by atoms with Crippen molar-refractivity contribution in [1.82, 2.24) is 9.62 Å². The molecule has 4 nitrogen and oxygen atoms in total. The molecule has 2 rings (SSSR count). The predicted octanol–water partition coefficient (Wildman–Crippen LogP) is 0.980. The topological polar surface area (TPSA) is 49.4 Å². The molecule has 0 aliphatic carbocycles. The fraction of sp³-hybridized carbons (Fsp3) is 0.400. The minimum Gasteiger partial charge on any atom is -0.314 e. The highest BCUT2D eigenvalue weighted by molar-refractivity contribution is 7.89. The molecule has 1 aliphatic rings. The molecule has 0 unspecified atom stereocenters. The van der Waals surface area contributed by atoms with Crippen LogP contribution in [0, 0.1) is 11.6 Å². The third-order valence-corrected chi connectivity index (χ3v) is 4.54. The van der Waals surface area contributed by atoms with Gasteiger partial charge in [-0.3, -0.25) is 0 Å². The number of nitrogens with zero attached hydrogens (tertiary/aromatic N) is 1. The average Bonchev–Trinajstić information content (AvgIpc) is 2.29. The molecular weight excluding hydrogens is 286 g/mol. The number of benzene rings is 1. The van der Waals surface area contributed by atoms with Crippen LogP contribution < -0.4 is 5.32 Å². The molecule has 102 valence electrons. The van der Waals surface area contributed by atoms with Gasteiger partial charge in [0.15, 0.2) is 4.90 Å². The molecular formula is C10H13ClF2N2O2S. The Kier molecular flexibility index (Phi) is 5.03. The third-order valence-electron chi connectivity index (χ3n) is 2.59. The number of sulfonamides is 1. The van der Waals surface area contributed by atoms with Crippen LogP contribution in [0.5, 0.6) is 0 Å². The van der Waals surface area contributed by atoms with Gasteiger partial charge in [0.25, 0.3) is 0 Å². The van der Waals surface area contributed by atoms with E-state index in [0.29, 0.717) is 13.1 Å². The summed E-state index contributed by atoms with van der Waals surface area (Å²) in [4.78, 5) is -0.859. The molecule has 0 saturated carbocycles. The highest BCUT2D eigenvalue weighted by atomic mass is 35.5. The second-order valence-electron chi connectivity index (χ2n) is 3.70. The van der Waals surface area contributed by atoms with E-state index in [1.54, 1.807) is 0 Å². The first kappa shape index (κ1) is 15.3. The van der Waals surface area contributed by atoms with E-state index >= 15 is 0 Å². The number of halogens is 3. The molecule has 8 heteroatoms. The Labute approximate surface area is 110 Å². The van der Waals surface area contributed by atoms with Crippen molar-refractivity contribution in [2.45, 2.75) is 4.90 Å². The van der Waals surface area contributed by atoms with E-state index < -0.39 is 26.6 Å². The van der Waals surface area contributed by atoms with Crippen molar-refractivity contribution >= 4 is 22.4 Å². The highest BCUT2D eigenvalue weighted by Crippen LogP contribution is 2.22. The predicted molar refractivity (Wildman–Crippen MR) is 65.2 cm³/mol. The second-order valence-corrected chi connectivity index (χ2v) is 5.58. The first-order chi connectivity index (χ1) is 8.03. The lowest BCUT2D eigenvalue weighted by atomic mass is 10.3. The Hall–Kier alpha value is -0.760. The number of hydrogen-bond acceptors (Lipinski definition) is 3. The molecule has 1 aromatic rings. The Balaban J connectivity index is 0.00000162. The minimum atomic E-state index is -4.08. The summed E-state index contributed by atoms with van der Waals surface area (Å²) in [7, 11) is -4.08. The van der Waals surface area contributed by atoms with Crippen LogP contribution in [0.3, 0.4) is 0 Å². The molecule has 0 spiro atoms. The van der Waals surface area contributed by atoms with Crippen molar-refractivity contribution < 1.29 is 17.2 Å². The van der Waals surface area contributed by atoms with Gasteiger partial charge < -0.3 is 5.32 Å². The van der Waals surface area contributed by atoms with E-state index in [1.807, 2.05) is 0 Å². The maximum absolute atomic E-state index is 13.4. The standard InChI is InChI=1S/C10H12F2N2O2S.ClH/c11-8-2-1-3-9(12)10(8)17(15,16)14-6-4-13-5-7-14;/h1-3,13H,4-7H2;1H. The number of nitrogens with one attached hydrogen (secondary N) is 1. The van der Waals surface area contributed by atoms with Gasteiger partial charge in [0, 0.05) is 26.2 Å². The van der Waals surface area contributed by atoms with Gasteiger partial charge in [-0.25, -0.2) is 17.2 Å². The first-order valence-corrected chi connectivity index (χ1v) is 6.62. The van der Waals surface area contributed by atoms with Gasteiger partial charge in [0.1, 0.15) is 11.6 Å². The van der Waals surface area contributed by atoms with E-state index in [4.69, 9.17) is 0 Å². The summed E-state index contributed by atoms with van der Waals surface area (Å²) in [5.41, 5.74) is 0. The van der Waals surface area contributed by atoms with Crippen LogP contribution in [0.25, 0.3) is 0 Å². The van der Waals surface area contributed by atoms with Gasteiger partial charge in [0.2, 0.25) is 10.0 Å². The average molecular weight is 299 g/mol. The van der Waals surface area contributed by atoms with Crippen LogP contribution in [0.4, 0.5) is 8.78 Å². The van der Waals surface area contributed by atoms with Crippen molar-refractivity contribution in [3.05, 3.63) is 29.8 Å². The van der Waals surface area contributed by atoms with Crippen LogP contribution in [0.2, 0.25) is 0 Å². The maximum Gasteiger partial charge on any atom is 0.249 e. The van der Waals surface area contributed by atoms with Crippen LogP contribution in [-0.4, -0.2) is 38.9 Å². The van der Waals surface area contributed by atoms with Crippen molar-refractivity contribution in [3.8, 4) is 0 Å². The Morgan fingerprint density at radius 2 is 1.61 bits per heavy atom. The van der Waals surface area contributed by atoms with Gasteiger partial charge in [-0.15, -0.1) is 12.4 Å². The van der Waals surface area contributed by atoms with E-state index in [2.05, 4.69) is 5.32 Å². The van der Waals surface area contributed by atoms with Crippen LogP contribution in [0.1, 0.15) is 0 Å². The zero-order valence-electron chi connectivity index (χ0n) is 9.40. The lowest BCUT2D eigenvalue weighted by Crippen LogP contribution is -2.46. The zero-order chi connectivity index (χ0) is 12.5. The molecule has 1 N–H and O–H groups in total. The van der Waals surface area contributed by atoms with Gasteiger partial charge in [-0.05, 0) is 12.1 Å². The van der Waals surface area contributed by atoms with Crippen LogP contribution in [-0.2, 0) is 10.0 Å². The number of rotatable bonds is 2. The third kappa shape index (κ3) is 2.80. The number of piperazine rings is 1. The molecule has 1 aliphatic heterocycles. The van der Waals surface area contributed by atoms with Crippen molar-refractivity contribution in [2.24, 2.45) is 0 Å². The quantitative estimate of drug-likeness (QED) is 0.885. The largest absolute Gasteiger partial charge is 0.314 e. The smallest absolute Gasteiger partial charge is 0.249 e. The van der Waals surface area contributed by atoms with E-state index in [-0.39, 0.29) is 25.5 Å². The Morgan fingerprint density at radius 3 is 2.11 bits per heavy atom.